The fourth-order valence-corrected chi connectivity index (χ4v) is 3.82. The molecular formula is C13H9NO2Se. The summed E-state index contributed by atoms with van der Waals surface area (Å²) in [5.41, 5.74) is 0.885. The maximum absolute atomic E-state index is 12.2. The van der Waals surface area contributed by atoms with Crippen molar-refractivity contribution in [1.82, 2.24) is 3.56 Å². The van der Waals surface area contributed by atoms with Gasteiger partial charge < -0.3 is 0 Å². The van der Waals surface area contributed by atoms with E-state index < -0.39 is 0 Å². The second-order valence-corrected chi connectivity index (χ2v) is 5.78. The van der Waals surface area contributed by atoms with E-state index in [2.05, 4.69) is 0 Å². The number of benzene rings is 2. The van der Waals surface area contributed by atoms with Gasteiger partial charge in [0.1, 0.15) is 0 Å². The maximum atomic E-state index is 12.2. The Labute approximate surface area is 104 Å². The second-order valence-electron chi connectivity index (χ2n) is 3.70. The van der Waals surface area contributed by atoms with Crippen molar-refractivity contribution in [2.24, 2.45) is 0 Å². The molecule has 84 valence electrons. The molecule has 0 spiro atoms. The molecule has 3 rings (SSSR count). The molecule has 0 unspecified atom stereocenters. The van der Waals surface area contributed by atoms with Crippen LogP contribution in [-0.2, 0) is 0 Å². The van der Waals surface area contributed by atoms with Crippen LogP contribution in [0.3, 0.4) is 0 Å². The van der Waals surface area contributed by atoms with Crippen molar-refractivity contribution in [2.45, 2.75) is 0 Å². The average Bonchev–Trinajstić information content (AvgIpc) is 2.69. The zero-order chi connectivity index (χ0) is 11.8. The minimum absolute atomic E-state index is 0.00928. The first-order valence-corrected chi connectivity index (χ1v) is 6.78. The molecule has 4 heteroatoms. The van der Waals surface area contributed by atoms with E-state index in [0.29, 0.717) is 0 Å². The molecule has 0 fully saturated rings. The van der Waals surface area contributed by atoms with E-state index in [1.54, 1.807) is 27.8 Å². The number of aromatic nitrogens is 1. The number of phenolic OH excluding ortho intramolecular Hbond substituents is 1. The molecule has 1 aromatic heterocycles. The summed E-state index contributed by atoms with van der Waals surface area (Å²) in [6.07, 6.45) is 0. The Kier molecular flexibility index (Phi) is 2.39. The standard InChI is InChI=1S/C13H9NO2Se/c15-10-7-5-9(6-8-10)14-13(16)11-3-1-2-4-12(11)17-14/h1-8,15H. The molecular weight excluding hydrogens is 281 g/mol. The molecule has 0 amide bonds. The first-order valence-electron chi connectivity index (χ1n) is 5.16. The number of hydrogen-bond acceptors (Lipinski definition) is 2. The number of aromatic hydroxyl groups is 1. The Morgan fingerprint density at radius 1 is 1.00 bits per heavy atom. The van der Waals surface area contributed by atoms with Crippen molar-refractivity contribution in [3.05, 3.63) is 58.9 Å². The van der Waals surface area contributed by atoms with E-state index in [4.69, 9.17) is 0 Å². The Morgan fingerprint density at radius 3 is 2.41 bits per heavy atom. The van der Waals surface area contributed by atoms with Gasteiger partial charge in [-0.05, 0) is 0 Å². The van der Waals surface area contributed by atoms with E-state index >= 15 is 0 Å². The Bertz CT molecular complexity index is 725. The topological polar surface area (TPSA) is 42.2 Å². The van der Waals surface area contributed by atoms with E-state index in [1.807, 2.05) is 24.3 Å². The Morgan fingerprint density at radius 2 is 1.71 bits per heavy atom. The van der Waals surface area contributed by atoms with Crippen molar-refractivity contribution < 1.29 is 5.11 Å². The molecule has 0 saturated carbocycles. The van der Waals surface area contributed by atoms with E-state index in [0.717, 1.165) is 15.3 Å². The van der Waals surface area contributed by atoms with Crippen LogP contribution >= 0.6 is 0 Å². The molecule has 0 radical (unpaired) electrons. The number of nitrogens with zero attached hydrogens (tertiary/aromatic N) is 1. The molecule has 1 N–H and O–H groups in total. The zero-order valence-electron chi connectivity index (χ0n) is 8.83. The number of fused-ring (bicyclic) bond motifs is 1. The van der Waals surface area contributed by atoms with Gasteiger partial charge in [0.2, 0.25) is 0 Å². The van der Waals surface area contributed by atoms with Crippen LogP contribution in [0, 0.1) is 0 Å². The van der Waals surface area contributed by atoms with Gasteiger partial charge in [-0.25, -0.2) is 0 Å². The van der Waals surface area contributed by atoms with E-state index in [9.17, 15) is 9.90 Å². The summed E-state index contributed by atoms with van der Waals surface area (Å²) in [4.78, 5) is 12.2. The van der Waals surface area contributed by atoms with Gasteiger partial charge in [-0.3, -0.25) is 0 Å². The molecule has 0 aliphatic rings. The molecule has 1 heterocycles. The predicted octanol–water partition coefficient (Wildman–Crippen LogP) is 1.75. The van der Waals surface area contributed by atoms with Gasteiger partial charge in [-0.15, -0.1) is 0 Å². The van der Waals surface area contributed by atoms with Gasteiger partial charge >= 0.3 is 103 Å². The normalized spacial score (nSPS) is 10.8. The van der Waals surface area contributed by atoms with Crippen LogP contribution in [-0.4, -0.2) is 23.4 Å². The summed E-state index contributed by atoms with van der Waals surface area (Å²) in [7, 11) is 0. The molecule has 3 nitrogen and oxygen atoms in total. The zero-order valence-corrected chi connectivity index (χ0v) is 10.5. The van der Waals surface area contributed by atoms with Crippen LogP contribution in [0.4, 0.5) is 0 Å². The molecule has 3 aromatic rings. The van der Waals surface area contributed by atoms with Gasteiger partial charge in [-0.2, -0.15) is 0 Å². The summed E-state index contributed by atoms with van der Waals surface area (Å²) >= 11 is -0.00928. The van der Waals surface area contributed by atoms with E-state index in [1.165, 1.54) is 0 Å². The molecule has 0 aliphatic carbocycles. The summed E-state index contributed by atoms with van der Waals surface area (Å²) in [6.45, 7) is 0. The minimum atomic E-state index is -0.00928. The van der Waals surface area contributed by atoms with Crippen LogP contribution in [0.15, 0.2) is 53.3 Å². The molecule has 0 bridgehead atoms. The quantitative estimate of drug-likeness (QED) is 0.694. The molecule has 0 aliphatic heterocycles. The first kappa shape index (κ1) is 10.4. The van der Waals surface area contributed by atoms with Crippen molar-refractivity contribution >= 4 is 24.4 Å². The molecule has 0 atom stereocenters. The SMILES string of the molecule is O=c1c2ccccc2[se]n1-c1ccc(O)cc1. The number of hydrogen-bond donors (Lipinski definition) is 1. The fourth-order valence-electron chi connectivity index (χ4n) is 1.73. The van der Waals surface area contributed by atoms with Crippen LogP contribution in [0.5, 0.6) is 5.75 Å². The van der Waals surface area contributed by atoms with Gasteiger partial charge in [-0.1, -0.05) is 0 Å². The van der Waals surface area contributed by atoms with Crippen LogP contribution < -0.4 is 5.56 Å². The third-order valence-corrected chi connectivity index (χ3v) is 4.91. The third-order valence-electron chi connectivity index (χ3n) is 2.58. The third kappa shape index (κ3) is 1.71. The summed E-state index contributed by atoms with van der Waals surface area (Å²) in [5, 5.41) is 10.0. The van der Waals surface area contributed by atoms with Crippen molar-refractivity contribution in [1.29, 1.82) is 0 Å². The average molecular weight is 290 g/mol. The summed E-state index contributed by atoms with van der Waals surface area (Å²) < 4.78 is 2.88. The van der Waals surface area contributed by atoms with Gasteiger partial charge in [0, 0.05) is 0 Å². The van der Waals surface area contributed by atoms with Crippen molar-refractivity contribution in [3.63, 3.8) is 0 Å². The molecule has 2 aromatic carbocycles. The van der Waals surface area contributed by atoms with Crippen LogP contribution in [0.2, 0.25) is 0 Å². The Hall–Kier alpha value is -1.77. The van der Waals surface area contributed by atoms with Gasteiger partial charge in [0.25, 0.3) is 0 Å². The second kappa shape index (κ2) is 3.91. The fraction of sp³-hybridized carbons (Fsp3) is 0. The number of rotatable bonds is 1. The Balaban J connectivity index is 2.27. The summed E-state index contributed by atoms with van der Waals surface area (Å²) in [5.74, 6) is 0.213. The number of phenols is 1. The van der Waals surface area contributed by atoms with Gasteiger partial charge in [0.15, 0.2) is 0 Å². The van der Waals surface area contributed by atoms with Crippen LogP contribution in [0.1, 0.15) is 0 Å². The monoisotopic (exact) mass is 291 g/mol. The first-order chi connectivity index (χ1) is 8.25. The van der Waals surface area contributed by atoms with E-state index in [-0.39, 0.29) is 26.0 Å². The molecule has 0 saturated heterocycles. The van der Waals surface area contributed by atoms with Gasteiger partial charge in [0.05, 0.1) is 0 Å². The van der Waals surface area contributed by atoms with Crippen LogP contribution in [0.25, 0.3) is 15.3 Å². The summed E-state index contributed by atoms with van der Waals surface area (Å²) in [6, 6.07) is 14.4. The van der Waals surface area contributed by atoms with Crippen molar-refractivity contribution in [3.8, 4) is 11.4 Å². The van der Waals surface area contributed by atoms with Crippen molar-refractivity contribution in [2.75, 3.05) is 0 Å². The molecule has 17 heavy (non-hydrogen) atoms. The predicted molar refractivity (Wildman–Crippen MR) is 68.1 cm³/mol.